The summed E-state index contributed by atoms with van der Waals surface area (Å²) in [5.41, 5.74) is 0. The molecule has 0 bridgehead atoms. The van der Waals surface area contributed by atoms with Crippen molar-refractivity contribution in [2.24, 2.45) is 0 Å². The Kier molecular flexibility index (Phi) is 12.7. The molecule has 0 rings (SSSR count). The first-order chi connectivity index (χ1) is 6.41. The highest BCUT2D eigenvalue weighted by Gasteiger charge is 1.90. The van der Waals surface area contributed by atoms with E-state index in [1.165, 1.54) is 38.5 Å². The zero-order valence-electron chi connectivity index (χ0n) is 8.97. The molecule has 0 heterocycles. The second-order valence-corrected chi connectivity index (χ2v) is 3.88. The molecule has 0 spiro atoms. The van der Waals surface area contributed by atoms with Gasteiger partial charge in [0.25, 0.3) is 0 Å². The lowest BCUT2D eigenvalue weighted by Gasteiger charge is -2.02. The normalized spacial score (nSPS) is 11.5. The highest BCUT2D eigenvalue weighted by Crippen LogP contribution is 2.14. The van der Waals surface area contributed by atoms with Gasteiger partial charge in [0.1, 0.15) is 0 Å². The lowest BCUT2D eigenvalue weighted by Crippen LogP contribution is -1.87. The lowest BCUT2D eigenvalue weighted by molar-refractivity contribution is 0.270. The van der Waals surface area contributed by atoms with E-state index in [4.69, 9.17) is 9.05 Å². The Bertz CT molecular complexity index is 79.0. The maximum atomic E-state index is 5.29. The summed E-state index contributed by atoms with van der Waals surface area (Å²) >= 11 is 0. The molecular formula is C10H23O2P. The van der Waals surface area contributed by atoms with Gasteiger partial charge in [0.05, 0.1) is 13.2 Å². The van der Waals surface area contributed by atoms with Crippen LogP contribution in [0.4, 0.5) is 0 Å². The lowest BCUT2D eigenvalue weighted by atomic mass is 10.1. The van der Waals surface area contributed by atoms with Gasteiger partial charge in [0.15, 0.2) is 9.03 Å². The van der Waals surface area contributed by atoms with Gasteiger partial charge in [-0.05, 0) is 13.3 Å². The fourth-order valence-electron chi connectivity index (χ4n) is 1.10. The highest BCUT2D eigenvalue weighted by atomic mass is 31.1. The largest absolute Gasteiger partial charge is 0.337 e. The Labute approximate surface area is 84.3 Å². The average Bonchev–Trinajstić information content (AvgIpc) is 2.16. The second-order valence-electron chi connectivity index (χ2n) is 3.13. The van der Waals surface area contributed by atoms with Crippen LogP contribution in [0.2, 0.25) is 0 Å². The van der Waals surface area contributed by atoms with Crippen molar-refractivity contribution < 1.29 is 9.05 Å². The van der Waals surface area contributed by atoms with E-state index in [0.29, 0.717) is 0 Å². The van der Waals surface area contributed by atoms with Crippen LogP contribution in [0.3, 0.4) is 0 Å². The molecule has 0 radical (unpaired) electrons. The van der Waals surface area contributed by atoms with Crippen molar-refractivity contribution in [1.29, 1.82) is 0 Å². The van der Waals surface area contributed by atoms with Gasteiger partial charge in [-0.15, -0.1) is 0 Å². The molecule has 2 nitrogen and oxygen atoms in total. The molecule has 0 aromatic heterocycles. The number of hydrogen-bond acceptors (Lipinski definition) is 2. The van der Waals surface area contributed by atoms with Crippen molar-refractivity contribution in [2.45, 2.75) is 52.4 Å². The third-order valence-corrected chi connectivity index (χ3v) is 2.59. The Balaban J connectivity index is 2.76. The van der Waals surface area contributed by atoms with E-state index in [-0.39, 0.29) is 9.03 Å². The third kappa shape index (κ3) is 12.4. The summed E-state index contributed by atoms with van der Waals surface area (Å²) in [6.07, 6.45) is 7.92. The van der Waals surface area contributed by atoms with Crippen molar-refractivity contribution in [2.75, 3.05) is 13.2 Å². The fraction of sp³-hybridized carbons (Fsp3) is 1.00. The molecule has 3 heteroatoms. The van der Waals surface area contributed by atoms with Gasteiger partial charge >= 0.3 is 0 Å². The van der Waals surface area contributed by atoms with Gasteiger partial charge < -0.3 is 9.05 Å². The topological polar surface area (TPSA) is 18.5 Å². The minimum atomic E-state index is 0.244. The quantitative estimate of drug-likeness (QED) is 0.398. The maximum absolute atomic E-state index is 5.29. The molecule has 0 saturated carbocycles. The van der Waals surface area contributed by atoms with E-state index < -0.39 is 0 Å². The average molecular weight is 206 g/mol. The van der Waals surface area contributed by atoms with Crippen molar-refractivity contribution in [3.8, 4) is 0 Å². The first kappa shape index (κ1) is 13.4. The van der Waals surface area contributed by atoms with Gasteiger partial charge in [-0.25, -0.2) is 0 Å². The smallest absolute Gasteiger partial charge is 0.155 e. The minimum Gasteiger partial charge on any atom is -0.337 e. The molecule has 0 aliphatic rings. The van der Waals surface area contributed by atoms with Gasteiger partial charge in [-0.3, -0.25) is 0 Å². The molecule has 0 N–H and O–H groups in total. The first-order valence-corrected chi connectivity index (χ1v) is 6.22. The molecule has 0 aliphatic heterocycles. The molecule has 0 saturated heterocycles. The van der Waals surface area contributed by atoms with Crippen LogP contribution in [-0.4, -0.2) is 13.2 Å². The maximum Gasteiger partial charge on any atom is 0.155 e. The summed E-state index contributed by atoms with van der Waals surface area (Å²) in [4.78, 5) is 0. The van der Waals surface area contributed by atoms with Crippen molar-refractivity contribution >= 4 is 9.03 Å². The molecule has 1 atom stereocenters. The predicted molar refractivity (Wildman–Crippen MR) is 59.3 cm³/mol. The monoisotopic (exact) mass is 206 g/mol. The Morgan fingerprint density at radius 2 is 1.54 bits per heavy atom. The zero-order valence-corrected chi connectivity index (χ0v) is 9.97. The van der Waals surface area contributed by atoms with Crippen molar-refractivity contribution in [3.05, 3.63) is 0 Å². The van der Waals surface area contributed by atoms with Crippen molar-refractivity contribution in [1.82, 2.24) is 0 Å². The second kappa shape index (κ2) is 12.3. The van der Waals surface area contributed by atoms with Crippen LogP contribution in [0, 0.1) is 0 Å². The number of unbranched alkanes of at least 4 members (excludes halogenated alkanes) is 5. The van der Waals surface area contributed by atoms with E-state index in [1.807, 2.05) is 6.92 Å². The molecule has 0 fully saturated rings. The van der Waals surface area contributed by atoms with Crippen LogP contribution in [0.5, 0.6) is 0 Å². The van der Waals surface area contributed by atoms with Crippen LogP contribution < -0.4 is 0 Å². The van der Waals surface area contributed by atoms with Crippen LogP contribution in [-0.2, 0) is 9.05 Å². The summed E-state index contributed by atoms with van der Waals surface area (Å²) in [5.74, 6) is 0. The summed E-state index contributed by atoms with van der Waals surface area (Å²) in [7, 11) is 0.244. The molecule has 0 aromatic carbocycles. The SMILES string of the molecule is CCCCCCCCOPOCC. The van der Waals surface area contributed by atoms with Crippen LogP contribution in [0.25, 0.3) is 0 Å². The Morgan fingerprint density at radius 3 is 2.23 bits per heavy atom. The first-order valence-electron chi connectivity index (χ1n) is 5.40. The van der Waals surface area contributed by atoms with Gasteiger partial charge in [-0.1, -0.05) is 39.0 Å². The Morgan fingerprint density at radius 1 is 0.846 bits per heavy atom. The van der Waals surface area contributed by atoms with Gasteiger partial charge in [0, 0.05) is 0 Å². The summed E-state index contributed by atoms with van der Waals surface area (Å²) < 4.78 is 10.4. The standard InChI is InChI=1S/C10H23O2P/c1-3-5-6-7-8-9-10-12-13-11-4-2/h13H,3-10H2,1-2H3. The molecule has 0 aromatic rings. The molecular weight excluding hydrogens is 183 g/mol. The van der Waals surface area contributed by atoms with E-state index in [0.717, 1.165) is 13.2 Å². The van der Waals surface area contributed by atoms with Crippen molar-refractivity contribution in [3.63, 3.8) is 0 Å². The minimum absolute atomic E-state index is 0.244. The Hall–Kier alpha value is 0.350. The summed E-state index contributed by atoms with van der Waals surface area (Å²) in [5, 5.41) is 0. The zero-order chi connectivity index (χ0) is 9.78. The molecule has 0 amide bonds. The fourth-order valence-corrected chi connectivity index (χ4v) is 1.53. The molecule has 80 valence electrons. The predicted octanol–water partition coefficient (Wildman–Crippen LogP) is 3.91. The third-order valence-electron chi connectivity index (χ3n) is 1.86. The summed E-state index contributed by atoms with van der Waals surface area (Å²) in [6, 6.07) is 0. The molecule has 13 heavy (non-hydrogen) atoms. The molecule has 1 unspecified atom stereocenters. The number of rotatable bonds is 10. The van der Waals surface area contributed by atoms with E-state index in [1.54, 1.807) is 0 Å². The van der Waals surface area contributed by atoms with E-state index in [9.17, 15) is 0 Å². The number of hydrogen-bond donors (Lipinski definition) is 0. The van der Waals surface area contributed by atoms with Crippen LogP contribution >= 0.6 is 9.03 Å². The molecule has 0 aliphatic carbocycles. The van der Waals surface area contributed by atoms with Gasteiger partial charge in [0.2, 0.25) is 0 Å². The van der Waals surface area contributed by atoms with E-state index in [2.05, 4.69) is 6.92 Å². The summed E-state index contributed by atoms with van der Waals surface area (Å²) in [6.45, 7) is 5.85. The van der Waals surface area contributed by atoms with Crippen LogP contribution in [0.1, 0.15) is 52.4 Å². The highest BCUT2D eigenvalue weighted by molar-refractivity contribution is 7.26. The van der Waals surface area contributed by atoms with Gasteiger partial charge in [-0.2, -0.15) is 0 Å². The van der Waals surface area contributed by atoms with Crippen LogP contribution in [0.15, 0.2) is 0 Å². The van der Waals surface area contributed by atoms with E-state index >= 15 is 0 Å².